The van der Waals surface area contributed by atoms with E-state index >= 15 is 0 Å². The fourth-order valence-corrected chi connectivity index (χ4v) is 4.39. The molecule has 138 valence electrons. The third-order valence-corrected chi connectivity index (χ3v) is 5.66. The average molecular weight is 383 g/mol. The van der Waals surface area contributed by atoms with E-state index < -0.39 is 0 Å². The summed E-state index contributed by atoms with van der Waals surface area (Å²) in [6.07, 6.45) is 0. The van der Waals surface area contributed by atoms with Gasteiger partial charge in [-0.2, -0.15) is 5.26 Å². The molecule has 0 amide bonds. The van der Waals surface area contributed by atoms with Gasteiger partial charge in [0.25, 0.3) is 0 Å². The number of hydrogen-bond donors (Lipinski definition) is 0. The van der Waals surface area contributed by atoms with Crippen molar-refractivity contribution in [2.75, 3.05) is 0 Å². The molecule has 4 heteroatoms. The maximum atomic E-state index is 9.41. The van der Waals surface area contributed by atoms with Crippen LogP contribution in [-0.4, -0.2) is 4.57 Å². The Hall–Kier alpha value is -4.54. The summed E-state index contributed by atoms with van der Waals surface area (Å²) in [5.41, 5.74) is 5.58. The Balaban J connectivity index is 1.75. The molecule has 6 rings (SSSR count). The standard InChI is InChI=1S/C26H13N3O/c1-28-21-9-5-11-23-25(21)19-7-2-3-10-22(19)29(23)17-12-13-24-20(14-17)18-8-4-6-16(15-27)26(18)30-24/h2-14H. The number of aromatic nitrogens is 1. The maximum absolute atomic E-state index is 9.41. The van der Waals surface area contributed by atoms with Crippen molar-refractivity contribution in [3.05, 3.63) is 95.8 Å². The molecule has 4 aromatic carbocycles. The Morgan fingerprint density at radius 3 is 2.50 bits per heavy atom. The van der Waals surface area contributed by atoms with Crippen LogP contribution in [0.15, 0.2) is 83.3 Å². The molecule has 4 nitrogen and oxygen atoms in total. The second-order valence-corrected chi connectivity index (χ2v) is 7.21. The van der Waals surface area contributed by atoms with Crippen LogP contribution in [-0.2, 0) is 0 Å². The van der Waals surface area contributed by atoms with Gasteiger partial charge in [-0.25, -0.2) is 4.85 Å². The van der Waals surface area contributed by atoms with Gasteiger partial charge >= 0.3 is 0 Å². The van der Waals surface area contributed by atoms with Crippen LogP contribution in [0.5, 0.6) is 0 Å². The van der Waals surface area contributed by atoms with Crippen molar-refractivity contribution < 1.29 is 4.42 Å². The molecular weight excluding hydrogens is 370 g/mol. The van der Waals surface area contributed by atoms with Crippen molar-refractivity contribution in [1.29, 1.82) is 5.26 Å². The highest BCUT2D eigenvalue weighted by Gasteiger charge is 2.16. The fourth-order valence-electron chi connectivity index (χ4n) is 4.39. The molecular formula is C26H13N3O. The lowest BCUT2D eigenvalue weighted by Crippen LogP contribution is -1.93. The van der Waals surface area contributed by atoms with Crippen molar-refractivity contribution in [3.8, 4) is 11.8 Å². The molecule has 0 fully saturated rings. The number of nitrogens with zero attached hydrogens (tertiary/aromatic N) is 3. The first kappa shape index (κ1) is 16.4. The zero-order chi connectivity index (χ0) is 20.2. The lowest BCUT2D eigenvalue weighted by molar-refractivity contribution is 0.667. The van der Waals surface area contributed by atoms with E-state index in [1.54, 1.807) is 6.07 Å². The van der Waals surface area contributed by atoms with Crippen molar-refractivity contribution >= 4 is 49.4 Å². The smallest absolute Gasteiger partial charge is 0.197 e. The monoisotopic (exact) mass is 383 g/mol. The van der Waals surface area contributed by atoms with Gasteiger partial charge in [-0.15, -0.1) is 0 Å². The first-order chi connectivity index (χ1) is 14.8. The topological polar surface area (TPSA) is 46.2 Å². The Morgan fingerprint density at radius 2 is 1.63 bits per heavy atom. The number of benzene rings is 4. The Bertz CT molecular complexity index is 1720. The third kappa shape index (κ3) is 2.08. The van der Waals surface area contributed by atoms with Gasteiger partial charge in [-0.1, -0.05) is 42.5 Å². The van der Waals surface area contributed by atoms with E-state index in [4.69, 9.17) is 11.0 Å². The molecule has 0 unspecified atom stereocenters. The molecule has 30 heavy (non-hydrogen) atoms. The summed E-state index contributed by atoms with van der Waals surface area (Å²) in [6.45, 7) is 7.61. The summed E-state index contributed by atoms with van der Waals surface area (Å²) in [4.78, 5) is 3.75. The minimum atomic E-state index is 0.531. The highest BCUT2D eigenvalue weighted by Crippen LogP contribution is 2.39. The average Bonchev–Trinajstić information content (AvgIpc) is 3.34. The molecule has 6 aromatic rings. The van der Waals surface area contributed by atoms with E-state index in [0.29, 0.717) is 16.8 Å². The van der Waals surface area contributed by atoms with Crippen LogP contribution in [0.1, 0.15) is 5.56 Å². The zero-order valence-corrected chi connectivity index (χ0v) is 15.8. The van der Waals surface area contributed by atoms with E-state index in [1.807, 2.05) is 48.5 Å². The number of nitriles is 1. The first-order valence-corrected chi connectivity index (χ1v) is 9.55. The minimum Gasteiger partial charge on any atom is -0.455 e. The molecule has 0 saturated carbocycles. The summed E-state index contributed by atoms with van der Waals surface area (Å²) in [7, 11) is 0. The molecule has 0 aliphatic carbocycles. The highest BCUT2D eigenvalue weighted by atomic mass is 16.3. The number of hydrogen-bond acceptors (Lipinski definition) is 2. The SMILES string of the molecule is [C-]#[N+]c1cccc2c1c1ccccc1n2-c1ccc2oc3c(C#N)cccc3c2c1. The molecule has 2 heterocycles. The molecule has 0 bridgehead atoms. The van der Waals surface area contributed by atoms with Gasteiger partial charge in [0.1, 0.15) is 11.7 Å². The molecule has 0 saturated heterocycles. The summed E-state index contributed by atoms with van der Waals surface area (Å²) in [5, 5.41) is 13.3. The van der Waals surface area contributed by atoms with Crippen molar-refractivity contribution in [1.82, 2.24) is 4.57 Å². The zero-order valence-electron chi connectivity index (χ0n) is 15.8. The van der Waals surface area contributed by atoms with Crippen LogP contribution in [0, 0.1) is 17.9 Å². The lowest BCUT2D eigenvalue weighted by atomic mass is 10.1. The second-order valence-electron chi connectivity index (χ2n) is 7.21. The van der Waals surface area contributed by atoms with Crippen LogP contribution in [0.25, 0.3) is 54.3 Å². The van der Waals surface area contributed by atoms with Crippen LogP contribution in [0.4, 0.5) is 5.69 Å². The summed E-state index contributed by atoms with van der Waals surface area (Å²) < 4.78 is 8.17. The first-order valence-electron chi connectivity index (χ1n) is 9.55. The van der Waals surface area contributed by atoms with E-state index in [9.17, 15) is 5.26 Å². The van der Waals surface area contributed by atoms with E-state index in [1.165, 1.54) is 0 Å². The van der Waals surface area contributed by atoms with Crippen molar-refractivity contribution in [2.24, 2.45) is 0 Å². The number of fused-ring (bicyclic) bond motifs is 6. The van der Waals surface area contributed by atoms with Gasteiger partial charge in [0.2, 0.25) is 0 Å². The lowest BCUT2D eigenvalue weighted by Gasteiger charge is -2.08. The number of para-hydroxylation sites is 2. The molecule has 0 aliphatic heterocycles. The van der Waals surface area contributed by atoms with Gasteiger partial charge in [0, 0.05) is 27.4 Å². The second kappa shape index (κ2) is 5.98. The third-order valence-electron chi connectivity index (χ3n) is 5.66. The molecule has 0 aliphatic rings. The van der Waals surface area contributed by atoms with Crippen molar-refractivity contribution in [2.45, 2.75) is 0 Å². The summed E-state index contributed by atoms with van der Waals surface area (Å²) >= 11 is 0. The Kier molecular flexibility index (Phi) is 3.27. The highest BCUT2D eigenvalue weighted by molar-refractivity contribution is 6.15. The molecule has 2 aromatic heterocycles. The number of furan rings is 1. The van der Waals surface area contributed by atoms with Gasteiger partial charge in [-0.05, 0) is 41.8 Å². The Morgan fingerprint density at radius 1 is 0.833 bits per heavy atom. The van der Waals surface area contributed by atoms with Gasteiger partial charge < -0.3 is 8.98 Å². The Labute approximate surface area is 171 Å². The fraction of sp³-hybridized carbons (Fsp3) is 0. The predicted octanol–water partition coefficient (Wildman–Crippen LogP) is 7.11. The van der Waals surface area contributed by atoms with Crippen LogP contribution >= 0.6 is 0 Å². The maximum Gasteiger partial charge on any atom is 0.197 e. The van der Waals surface area contributed by atoms with E-state index in [0.717, 1.165) is 43.8 Å². The number of rotatable bonds is 1. The molecule has 0 atom stereocenters. The normalized spacial score (nSPS) is 11.3. The van der Waals surface area contributed by atoms with Gasteiger partial charge in [0.15, 0.2) is 11.3 Å². The minimum absolute atomic E-state index is 0.531. The van der Waals surface area contributed by atoms with E-state index in [-0.39, 0.29) is 0 Å². The van der Waals surface area contributed by atoms with Crippen LogP contribution in [0.3, 0.4) is 0 Å². The molecule has 0 radical (unpaired) electrons. The quantitative estimate of drug-likeness (QED) is 0.284. The predicted molar refractivity (Wildman–Crippen MR) is 119 cm³/mol. The van der Waals surface area contributed by atoms with E-state index in [2.05, 4.69) is 39.7 Å². The van der Waals surface area contributed by atoms with Gasteiger partial charge in [-0.3, -0.25) is 0 Å². The van der Waals surface area contributed by atoms with Crippen LogP contribution in [0.2, 0.25) is 0 Å². The van der Waals surface area contributed by atoms with Crippen molar-refractivity contribution in [3.63, 3.8) is 0 Å². The molecule has 0 spiro atoms. The largest absolute Gasteiger partial charge is 0.455 e. The summed E-state index contributed by atoms with van der Waals surface area (Å²) in [5.74, 6) is 0. The van der Waals surface area contributed by atoms with Crippen LogP contribution < -0.4 is 0 Å². The molecule has 0 N–H and O–H groups in total. The summed E-state index contributed by atoms with van der Waals surface area (Å²) in [6, 6.07) is 27.9. The van der Waals surface area contributed by atoms with Gasteiger partial charge in [0.05, 0.1) is 17.7 Å².